The summed E-state index contributed by atoms with van der Waals surface area (Å²) in [6, 6.07) is 17.9. The second-order valence-corrected chi connectivity index (χ2v) is 5.04. The number of hydrogen-bond acceptors (Lipinski definition) is 3. The Morgan fingerprint density at radius 3 is 2.35 bits per heavy atom. The van der Waals surface area contributed by atoms with Gasteiger partial charge in [-0.05, 0) is 30.3 Å². The molecule has 1 aromatic heterocycles. The number of carboxylic acid groups (broad SMARTS) is 1. The van der Waals surface area contributed by atoms with Crippen molar-refractivity contribution in [2.24, 2.45) is 5.73 Å². The summed E-state index contributed by atoms with van der Waals surface area (Å²) >= 11 is 0. The number of nitrogens with two attached hydrogens (primary N) is 1. The third-order valence-corrected chi connectivity index (χ3v) is 3.51. The van der Waals surface area contributed by atoms with E-state index < -0.39 is 5.97 Å². The molecule has 0 atom stereocenters. The van der Waals surface area contributed by atoms with Crippen LogP contribution in [0, 0.1) is 0 Å². The van der Waals surface area contributed by atoms with Crippen LogP contribution in [0.3, 0.4) is 0 Å². The van der Waals surface area contributed by atoms with Crippen molar-refractivity contribution in [3.63, 3.8) is 0 Å². The molecule has 0 aliphatic heterocycles. The predicted octanol–water partition coefficient (Wildman–Crippen LogP) is 2.71. The number of aromatic nitrogens is 1. The molecule has 0 saturated heterocycles. The second kappa shape index (κ2) is 5.81. The Kier molecular flexibility index (Phi) is 3.68. The molecule has 0 amide bonds. The smallest absolute Gasteiger partial charge is 0.351 e. The van der Waals surface area contributed by atoms with E-state index in [1.807, 2.05) is 30.3 Å². The number of benzene rings is 2. The maximum absolute atomic E-state index is 12.8. The van der Waals surface area contributed by atoms with Gasteiger partial charge in [0, 0.05) is 10.9 Å². The van der Waals surface area contributed by atoms with Crippen LogP contribution in [0.25, 0.3) is 17.0 Å². The van der Waals surface area contributed by atoms with Crippen molar-refractivity contribution in [2.45, 2.75) is 0 Å². The molecule has 114 valence electrons. The van der Waals surface area contributed by atoms with Crippen molar-refractivity contribution < 1.29 is 14.7 Å². The summed E-state index contributed by atoms with van der Waals surface area (Å²) in [7, 11) is 0. The minimum atomic E-state index is -1.23. The Morgan fingerprint density at radius 2 is 1.65 bits per heavy atom. The summed E-state index contributed by atoms with van der Waals surface area (Å²) in [5, 5.41) is 9.81. The highest BCUT2D eigenvalue weighted by Gasteiger charge is 2.16. The number of fused-ring (bicyclic) bond motifs is 1. The van der Waals surface area contributed by atoms with Gasteiger partial charge in [0.05, 0.1) is 11.2 Å². The van der Waals surface area contributed by atoms with Gasteiger partial charge in [-0.1, -0.05) is 36.4 Å². The Bertz CT molecular complexity index is 924. The summed E-state index contributed by atoms with van der Waals surface area (Å²) in [5.41, 5.74) is 6.83. The monoisotopic (exact) mass is 306 g/mol. The Hall–Kier alpha value is -3.34. The lowest BCUT2D eigenvalue weighted by atomic mass is 10.2. The molecule has 1 heterocycles. The van der Waals surface area contributed by atoms with Crippen molar-refractivity contribution in [3.05, 3.63) is 77.6 Å². The molecule has 0 fully saturated rings. The summed E-state index contributed by atoms with van der Waals surface area (Å²) in [4.78, 5) is 23.8. The van der Waals surface area contributed by atoms with Crippen molar-refractivity contribution in [1.82, 2.24) is 4.57 Å². The first-order valence-electron chi connectivity index (χ1n) is 6.98. The molecule has 0 bridgehead atoms. The van der Waals surface area contributed by atoms with Gasteiger partial charge in [0.25, 0.3) is 5.91 Å². The number of carboxylic acids is 1. The van der Waals surface area contributed by atoms with E-state index in [0.29, 0.717) is 16.8 Å². The van der Waals surface area contributed by atoms with Gasteiger partial charge < -0.3 is 10.8 Å². The van der Waals surface area contributed by atoms with Gasteiger partial charge >= 0.3 is 5.97 Å². The normalized spacial score (nSPS) is 11.6. The zero-order valence-corrected chi connectivity index (χ0v) is 12.1. The number of hydrogen-bond donors (Lipinski definition) is 2. The first kappa shape index (κ1) is 14.6. The van der Waals surface area contributed by atoms with E-state index in [1.165, 1.54) is 10.6 Å². The maximum Gasteiger partial charge on any atom is 0.351 e. The molecular weight excluding hydrogens is 292 g/mol. The molecule has 23 heavy (non-hydrogen) atoms. The fourth-order valence-corrected chi connectivity index (χ4v) is 2.44. The Morgan fingerprint density at radius 1 is 1.00 bits per heavy atom. The fourth-order valence-electron chi connectivity index (χ4n) is 2.44. The van der Waals surface area contributed by atoms with Crippen LogP contribution >= 0.6 is 0 Å². The molecule has 5 nitrogen and oxygen atoms in total. The lowest BCUT2D eigenvalue weighted by Crippen LogP contribution is -2.15. The van der Waals surface area contributed by atoms with Gasteiger partial charge in [-0.2, -0.15) is 0 Å². The number of rotatable bonds is 3. The van der Waals surface area contributed by atoms with Crippen molar-refractivity contribution in [1.29, 1.82) is 0 Å². The zero-order chi connectivity index (χ0) is 16.4. The lowest BCUT2D eigenvalue weighted by molar-refractivity contribution is -0.132. The number of aliphatic carboxylic acids is 1. The average Bonchev–Trinajstić information content (AvgIpc) is 2.92. The quantitative estimate of drug-likeness (QED) is 0.729. The molecule has 0 radical (unpaired) electrons. The van der Waals surface area contributed by atoms with Crippen molar-refractivity contribution in [2.75, 3.05) is 0 Å². The van der Waals surface area contributed by atoms with Crippen LogP contribution in [0.5, 0.6) is 0 Å². The van der Waals surface area contributed by atoms with Crippen LogP contribution in [0.4, 0.5) is 0 Å². The highest BCUT2D eigenvalue weighted by atomic mass is 16.4. The molecular formula is C18H14N2O3. The largest absolute Gasteiger partial charge is 0.477 e. The van der Waals surface area contributed by atoms with Crippen molar-refractivity contribution in [3.8, 4) is 0 Å². The number of para-hydroxylation sites is 1. The van der Waals surface area contributed by atoms with Crippen LogP contribution in [-0.2, 0) is 4.79 Å². The standard InChI is InChI=1S/C18H14N2O3/c19-15(18(22)23)11-14-10-13-8-4-5-9-16(13)20(14)17(21)12-6-2-1-3-7-12/h1-11H,19H2,(H,22,23). The topological polar surface area (TPSA) is 85.3 Å². The molecule has 3 aromatic rings. The van der Waals surface area contributed by atoms with Crippen LogP contribution in [0.1, 0.15) is 16.1 Å². The first-order chi connectivity index (χ1) is 11.1. The number of carbonyl (C=O) groups is 2. The molecule has 0 unspecified atom stereocenters. The minimum Gasteiger partial charge on any atom is -0.477 e. The van der Waals surface area contributed by atoms with Crippen molar-refractivity contribution >= 4 is 28.9 Å². The molecule has 0 aliphatic carbocycles. The second-order valence-electron chi connectivity index (χ2n) is 5.04. The molecule has 5 heteroatoms. The van der Waals surface area contributed by atoms with E-state index in [2.05, 4.69) is 0 Å². The highest BCUT2D eigenvalue weighted by Crippen LogP contribution is 2.23. The third-order valence-electron chi connectivity index (χ3n) is 3.51. The third kappa shape index (κ3) is 2.72. The SMILES string of the molecule is NC(=Cc1cc2ccccc2n1C(=O)c1ccccc1)C(=O)O. The van der Waals surface area contributed by atoms with E-state index in [4.69, 9.17) is 10.8 Å². The van der Waals surface area contributed by atoms with E-state index in [0.717, 1.165) is 5.39 Å². The van der Waals surface area contributed by atoms with Gasteiger partial charge in [0.15, 0.2) is 0 Å². The minimum absolute atomic E-state index is 0.240. The zero-order valence-electron chi connectivity index (χ0n) is 12.1. The van der Waals surface area contributed by atoms with E-state index in [1.54, 1.807) is 30.3 Å². The van der Waals surface area contributed by atoms with Gasteiger partial charge in [-0.3, -0.25) is 9.36 Å². The summed E-state index contributed by atoms with van der Waals surface area (Å²) in [6.07, 6.45) is 1.29. The fraction of sp³-hybridized carbons (Fsp3) is 0. The highest BCUT2D eigenvalue weighted by molar-refractivity contribution is 6.05. The molecule has 3 rings (SSSR count). The van der Waals surface area contributed by atoms with Crippen LogP contribution in [-0.4, -0.2) is 21.6 Å². The summed E-state index contributed by atoms with van der Waals surface area (Å²) < 4.78 is 1.47. The maximum atomic E-state index is 12.8. The Balaban J connectivity index is 2.23. The first-order valence-corrected chi connectivity index (χ1v) is 6.98. The lowest BCUT2D eigenvalue weighted by Gasteiger charge is -2.07. The van der Waals surface area contributed by atoms with Crippen LogP contribution in [0.15, 0.2) is 66.4 Å². The van der Waals surface area contributed by atoms with Gasteiger partial charge in [-0.25, -0.2) is 4.79 Å². The average molecular weight is 306 g/mol. The van der Waals surface area contributed by atoms with Gasteiger partial charge in [0.1, 0.15) is 5.70 Å². The van der Waals surface area contributed by atoms with Gasteiger partial charge in [-0.15, -0.1) is 0 Å². The van der Waals surface area contributed by atoms with E-state index >= 15 is 0 Å². The van der Waals surface area contributed by atoms with Gasteiger partial charge in [0.2, 0.25) is 0 Å². The molecule has 0 aliphatic rings. The van der Waals surface area contributed by atoms with E-state index in [-0.39, 0.29) is 11.6 Å². The molecule has 3 N–H and O–H groups in total. The van der Waals surface area contributed by atoms with Crippen LogP contribution in [0.2, 0.25) is 0 Å². The predicted molar refractivity (Wildman–Crippen MR) is 87.9 cm³/mol. The Labute approximate surface area is 132 Å². The number of carbonyl (C=O) groups excluding carboxylic acids is 1. The molecule has 0 spiro atoms. The summed E-state index contributed by atoms with van der Waals surface area (Å²) in [6.45, 7) is 0. The molecule has 0 saturated carbocycles. The summed E-state index contributed by atoms with van der Waals surface area (Å²) in [5.74, 6) is -1.47. The van der Waals surface area contributed by atoms with Crippen LogP contribution < -0.4 is 5.73 Å². The molecule has 2 aromatic carbocycles. The van der Waals surface area contributed by atoms with E-state index in [9.17, 15) is 9.59 Å². The number of nitrogens with zero attached hydrogens (tertiary/aromatic N) is 1.